The minimum absolute atomic E-state index is 0.150. The van der Waals surface area contributed by atoms with Gasteiger partial charge in [0.05, 0.1) is 6.20 Å². The van der Waals surface area contributed by atoms with E-state index in [0.29, 0.717) is 5.82 Å². The van der Waals surface area contributed by atoms with Crippen molar-refractivity contribution < 1.29 is 4.79 Å². The minimum atomic E-state index is -0.150. The van der Waals surface area contributed by atoms with Crippen LogP contribution in [0.3, 0.4) is 0 Å². The predicted molar refractivity (Wildman–Crippen MR) is 49.4 cm³/mol. The molecule has 4 nitrogen and oxygen atoms in total. The van der Waals surface area contributed by atoms with Crippen LogP contribution >= 0.6 is 15.9 Å². The van der Waals surface area contributed by atoms with E-state index < -0.39 is 0 Å². The van der Waals surface area contributed by atoms with Gasteiger partial charge in [-0.3, -0.25) is 4.79 Å². The molecule has 12 heavy (non-hydrogen) atoms. The molecule has 0 aliphatic carbocycles. The van der Waals surface area contributed by atoms with Crippen LogP contribution in [-0.2, 0) is 4.79 Å². The van der Waals surface area contributed by atoms with Crippen molar-refractivity contribution in [2.24, 2.45) is 0 Å². The number of nitrogens with zero attached hydrogens (tertiary/aromatic N) is 1. The Balaban J connectivity index is 2.63. The van der Waals surface area contributed by atoms with Gasteiger partial charge in [-0.05, 0) is 22.0 Å². The van der Waals surface area contributed by atoms with E-state index in [1.54, 1.807) is 19.3 Å². The number of halogens is 1. The molecule has 5 heteroatoms. The molecule has 0 unspecified atom stereocenters. The van der Waals surface area contributed by atoms with E-state index in [1.165, 1.54) is 6.08 Å². The third-order valence-electron chi connectivity index (χ3n) is 1.20. The van der Waals surface area contributed by atoms with E-state index in [-0.39, 0.29) is 5.91 Å². The highest BCUT2D eigenvalue weighted by molar-refractivity contribution is 9.10. The molecule has 2 N–H and O–H groups in total. The van der Waals surface area contributed by atoms with Gasteiger partial charge in [-0.25, -0.2) is 4.98 Å². The number of hydrogen-bond acceptors (Lipinski definition) is 2. The fourth-order valence-corrected chi connectivity index (χ4v) is 0.941. The molecule has 64 valence electrons. The largest absolute Gasteiger partial charge is 0.356 e. The number of nitrogens with one attached hydrogen (secondary N) is 2. The summed E-state index contributed by atoms with van der Waals surface area (Å²) in [6.07, 6.45) is 4.64. The highest BCUT2D eigenvalue weighted by Gasteiger charge is 1.93. The Morgan fingerprint density at radius 2 is 2.58 bits per heavy atom. The Kier molecular flexibility index (Phi) is 3.04. The lowest BCUT2D eigenvalue weighted by atomic mass is 10.4. The molecule has 0 bridgehead atoms. The van der Waals surface area contributed by atoms with Gasteiger partial charge in [0.15, 0.2) is 0 Å². The maximum atomic E-state index is 10.7. The van der Waals surface area contributed by atoms with Gasteiger partial charge in [-0.15, -0.1) is 0 Å². The number of carbonyl (C=O) groups is 1. The van der Waals surface area contributed by atoms with Crippen LogP contribution in [-0.4, -0.2) is 22.9 Å². The zero-order valence-corrected chi connectivity index (χ0v) is 8.05. The molecular formula is C7H8BrN3O. The van der Waals surface area contributed by atoms with Crippen LogP contribution < -0.4 is 5.32 Å². The monoisotopic (exact) mass is 229 g/mol. The molecule has 0 aliphatic heterocycles. The third-order valence-corrected chi connectivity index (χ3v) is 1.61. The molecule has 0 saturated carbocycles. The topological polar surface area (TPSA) is 57.8 Å². The van der Waals surface area contributed by atoms with E-state index in [4.69, 9.17) is 0 Å². The zero-order valence-electron chi connectivity index (χ0n) is 6.47. The lowest BCUT2D eigenvalue weighted by Gasteiger charge is -1.87. The Morgan fingerprint density at radius 1 is 1.83 bits per heavy atom. The summed E-state index contributed by atoms with van der Waals surface area (Å²) < 4.78 is 0.791. The average Bonchev–Trinajstić information content (AvgIpc) is 2.47. The second kappa shape index (κ2) is 4.06. The van der Waals surface area contributed by atoms with Crippen molar-refractivity contribution in [3.63, 3.8) is 0 Å². The van der Waals surface area contributed by atoms with Crippen molar-refractivity contribution in [2.45, 2.75) is 0 Å². The number of H-pyrrole nitrogens is 1. The van der Waals surface area contributed by atoms with Gasteiger partial charge in [0.2, 0.25) is 5.91 Å². The van der Waals surface area contributed by atoms with Gasteiger partial charge in [0.25, 0.3) is 0 Å². The van der Waals surface area contributed by atoms with E-state index in [1.807, 2.05) is 0 Å². The van der Waals surface area contributed by atoms with Crippen molar-refractivity contribution >= 4 is 27.9 Å². The minimum Gasteiger partial charge on any atom is -0.356 e. The molecule has 0 aromatic carbocycles. The summed E-state index contributed by atoms with van der Waals surface area (Å²) in [5.74, 6) is 0.494. The number of hydrogen-bond donors (Lipinski definition) is 2. The first-order chi connectivity index (χ1) is 5.72. The lowest BCUT2D eigenvalue weighted by molar-refractivity contribution is -0.115. The van der Waals surface area contributed by atoms with Gasteiger partial charge in [0.1, 0.15) is 10.4 Å². The van der Waals surface area contributed by atoms with E-state index >= 15 is 0 Å². The predicted octanol–water partition coefficient (Wildman–Crippen LogP) is 0.931. The molecule has 0 aliphatic rings. The Bertz CT molecular complexity index is 305. The van der Waals surface area contributed by atoms with Gasteiger partial charge in [-0.2, -0.15) is 0 Å². The summed E-state index contributed by atoms with van der Waals surface area (Å²) in [4.78, 5) is 17.6. The standard InChI is InChI=1S/C7H8BrN3O/c1-9-7(12)3-2-6-10-4-5(8)11-6/h2-4H,1H3,(H,9,12)(H,10,11)/b3-2-. The van der Waals surface area contributed by atoms with E-state index in [2.05, 4.69) is 31.2 Å². The first-order valence-electron chi connectivity index (χ1n) is 3.32. The average molecular weight is 230 g/mol. The fraction of sp³-hybridized carbons (Fsp3) is 0.143. The number of aromatic nitrogens is 2. The van der Waals surface area contributed by atoms with Crippen LogP contribution in [0.15, 0.2) is 16.9 Å². The van der Waals surface area contributed by atoms with Crippen LogP contribution in [0.5, 0.6) is 0 Å². The van der Waals surface area contributed by atoms with Crippen LogP contribution in [0.25, 0.3) is 6.08 Å². The summed E-state index contributed by atoms with van der Waals surface area (Å²) in [5.41, 5.74) is 0. The molecule has 0 spiro atoms. The van der Waals surface area contributed by atoms with Crippen molar-refractivity contribution in [1.82, 2.24) is 15.3 Å². The normalized spacial score (nSPS) is 10.5. The Labute approximate surface area is 78.2 Å². The maximum absolute atomic E-state index is 10.7. The summed E-state index contributed by atoms with van der Waals surface area (Å²) >= 11 is 3.20. The number of aromatic amines is 1. The summed E-state index contributed by atoms with van der Waals surface area (Å²) in [6, 6.07) is 0. The number of carbonyl (C=O) groups excluding carboxylic acids is 1. The van der Waals surface area contributed by atoms with Gasteiger partial charge in [-0.1, -0.05) is 0 Å². The summed E-state index contributed by atoms with van der Waals surface area (Å²) in [6.45, 7) is 0. The van der Waals surface area contributed by atoms with Crippen molar-refractivity contribution in [3.8, 4) is 0 Å². The van der Waals surface area contributed by atoms with Crippen LogP contribution in [0.2, 0.25) is 0 Å². The van der Waals surface area contributed by atoms with E-state index in [9.17, 15) is 4.79 Å². The van der Waals surface area contributed by atoms with Gasteiger partial charge < -0.3 is 10.3 Å². The lowest BCUT2D eigenvalue weighted by Crippen LogP contribution is -2.13. The smallest absolute Gasteiger partial charge is 0.243 e. The van der Waals surface area contributed by atoms with Gasteiger partial charge >= 0.3 is 0 Å². The van der Waals surface area contributed by atoms with Crippen LogP contribution in [0, 0.1) is 0 Å². The highest BCUT2D eigenvalue weighted by atomic mass is 79.9. The van der Waals surface area contributed by atoms with Crippen LogP contribution in [0.4, 0.5) is 0 Å². The summed E-state index contributed by atoms with van der Waals surface area (Å²) in [5, 5.41) is 2.46. The molecule has 1 aromatic heterocycles. The van der Waals surface area contributed by atoms with Crippen molar-refractivity contribution in [1.29, 1.82) is 0 Å². The molecule has 1 amide bonds. The third kappa shape index (κ3) is 2.50. The number of amides is 1. The number of likely N-dealkylation sites (N-methyl/N-ethyl adjacent to an activating group) is 1. The molecular weight excluding hydrogens is 222 g/mol. The SMILES string of the molecule is CNC(=O)/C=C\c1ncc(Br)[nH]1. The number of imidazole rings is 1. The Morgan fingerprint density at radius 3 is 3.08 bits per heavy atom. The molecule has 1 heterocycles. The molecule has 0 saturated heterocycles. The highest BCUT2D eigenvalue weighted by Crippen LogP contribution is 2.05. The molecule has 0 atom stereocenters. The van der Waals surface area contributed by atoms with Crippen molar-refractivity contribution in [3.05, 3.63) is 22.7 Å². The fourth-order valence-electron chi connectivity index (χ4n) is 0.636. The van der Waals surface area contributed by atoms with Crippen molar-refractivity contribution in [2.75, 3.05) is 7.05 Å². The summed E-state index contributed by atoms with van der Waals surface area (Å²) in [7, 11) is 1.57. The first kappa shape index (κ1) is 8.99. The number of rotatable bonds is 2. The first-order valence-corrected chi connectivity index (χ1v) is 4.12. The zero-order chi connectivity index (χ0) is 8.97. The maximum Gasteiger partial charge on any atom is 0.243 e. The van der Waals surface area contributed by atoms with E-state index in [0.717, 1.165) is 4.60 Å². The molecule has 0 fully saturated rings. The molecule has 1 aromatic rings. The quantitative estimate of drug-likeness (QED) is 0.742. The molecule has 1 rings (SSSR count). The second-order valence-corrected chi connectivity index (χ2v) is 2.92. The van der Waals surface area contributed by atoms with Crippen LogP contribution in [0.1, 0.15) is 5.82 Å². The Hall–Kier alpha value is -1.10. The van der Waals surface area contributed by atoms with Gasteiger partial charge in [0, 0.05) is 13.1 Å². The molecule has 0 radical (unpaired) electrons. The second-order valence-electron chi connectivity index (χ2n) is 2.06.